The van der Waals surface area contributed by atoms with Gasteiger partial charge in [-0.3, -0.25) is 0 Å². The molecule has 4 heteroatoms. The van der Waals surface area contributed by atoms with E-state index in [2.05, 4.69) is 11.9 Å². The van der Waals surface area contributed by atoms with Gasteiger partial charge in [-0.2, -0.15) is 0 Å². The van der Waals surface area contributed by atoms with Crippen LogP contribution in [0.4, 0.5) is 0 Å². The fourth-order valence-corrected chi connectivity index (χ4v) is 3.92. The molecule has 1 atom stereocenters. The number of rotatable bonds is 0. The van der Waals surface area contributed by atoms with E-state index in [4.69, 9.17) is 4.74 Å². The number of aliphatic hydroxyl groups excluding tert-OH is 1. The van der Waals surface area contributed by atoms with Crippen molar-refractivity contribution in [3.8, 4) is 15.9 Å². The molecule has 2 aromatic rings. The molecule has 0 radical (unpaired) electrons. The van der Waals surface area contributed by atoms with E-state index >= 15 is 0 Å². The molecule has 2 aromatic heterocycles. The molecule has 1 aliphatic rings. The Hall–Kier alpha value is -1.09. The molecule has 3 nitrogen and oxygen atoms in total. The van der Waals surface area contributed by atoms with Gasteiger partial charge >= 0.3 is 99.2 Å². The average molecular weight is 280 g/mol. The van der Waals surface area contributed by atoms with E-state index in [1.165, 1.54) is 4.44 Å². The summed E-state index contributed by atoms with van der Waals surface area (Å²) in [4.78, 5) is 4.43. The summed E-state index contributed by atoms with van der Waals surface area (Å²) in [7, 11) is 0. The molecule has 0 amide bonds. The van der Waals surface area contributed by atoms with E-state index in [0.29, 0.717) is 0 Å². The van der Waals surface area contributed by atoms with Crippen LogP contribution in [0, 0.1) is 13.8 Å². The molecule has 1 N–H and O–H groups in total. The third-order valence-corrected chi connectivity index (χ3v) is 4.77. The van der Waals surface area contributed by atoms with Crippen LogP contribution in [0.1, 0.15) is 21.9 Å². The number of hydrogen-bond acceptors (Lipinski definition) is 3. The summed E-state index contributed by atoms with van der Waals surface area (Å²) in [6.07, 6.45) is 0.963. The van der Waals surface area contributed by atoms with Gasteiger partial charge in [-0.1, -0.05) is 0 Å². The first kappa shape index (κ1) is 10.1. The van der Waals surface area contributed by atoms with Crippen LogP contribution in [0.3, 0.4) is 0 Å². The number of hydrogen-bond donors (Lipinski definition) is 1. The molecule has 16 heavy (non-hydrogen) atoms. The SMILES string of the molecule is Cc1cnc2c(c1)C(O)Oc1cc(C)[se]c1-2. The average Bonchev–Trinajstić information content (AvgIpc) is 2.59. The summed E-state index contributed by atoms with van der Waals surface area (Å²) >= 11 is 0.284. The predicted molar refractivity (Wildman–Crippen MR) is 61.7 cm³/mol. The van der Waals surface area contributed by atoms with Gasteiger partial charge in [0.2, 0.25) is 0 Å². The molecule has 82 valence electrons. The maximum absolute atomic E-state index is 9.90. The molecule has 1 unspecified atom stereocenters. The Bertz CT molecular complexity index is 562. The van der Waals surface area contributed by atoms with E-state index in [9.17, 15) is 5.11 Å². The number of aliphatic hydroxyl groups is 1. The van der Waals surface area contributed by atoms with E-state index in [0.717, 1.165) is 27.0 Å². The van der Waals surface area contributed by atoms with Crippen molar-refractivity contribution in [2.75, 3.05) is 0 Å². The van der Waals surface area contributed by atoms with Crippen molar-refractivity contribution < 1.29 is 9.84 Å². The van der Waals surface area contributed by atoms with Gasteiger partial charge in [-0.15, -0.1) is 0 Å². The van der Waals surface area contributed by atoms with Crippen LogP contribution in [-0.4, -0.2) is 24.6 Å². The van der Waals surface area contributed by atoms with Crippen molar-refractivity contribution in [2.24, 2.45) is 0 Å². The Morgan fingerprint density at radius 2 is 2.19 bits per heavy atom. The Balaban J connectivity index is 2.27. The molecule has 1 aliphatic heterocycles. The summed E-state index contributed by atoms with van der Waals surface area (Å²) in [5.41, 5.74) is 2.75. The van der Waals surface area contributed by atoms with Gasteiger partial charge < -0.3 is 0 Å². The van der Waals surface area contributed by atoms with Gasteiger partial charge in [0.05, 0.1) is 0 Å². The van der Waals surface area contributed by atoms with Crippen LogP contribution < -0.4 is 4.74 Å². The molecule has 3 rings (SSSR count). The quantitative estimate of drug-likeness (QED) is 0.748. The minimum absolute atomic E-state index is 0.284. The summed E-state index contributed by atoms with van der Waals surface area (Å²) in [6, 6.07) is 3.95. The molecule has 0 spiro atoms. The van der Waals surface area contributed by atoms with Crippen molar-refractivity contribution in [3.05, 3.63) is 33.9 Å². The molecule has 0 aliphatic carbocycles. The first-order chi connectivity index (χ1) is 7.65. The topological polar surface area (TPSA) is 42.4 Å². The van der Waals surface area contributed by atoms with Gasteiger partial charge in [-0.05, 0) is 0 Å². The van der Waals surface area contributed by atoms with Gasteiger partial charge in [0.1, 0.15) is 0 Å². The van der Waals surface area contributed by atoms with Crippen LogP contribution in [0.25, 0.3) is 10.1 Å². The van der Waals surface area contributed by atoms with Crippen molar-refractivity contribution in [3.63, 3.8) is 0 Å². The summed E-state index contributed by atoms with van der Waals surface area (Å²) in [5.74, 6) is 0.800. The van der Waals surface area contributed by atoms with Crippen LogP contribution >= 0.6 is 0 Å². The Morgan fingerprint density at radius 3 is 3.00 bits per heavy atom. The standard InChI is InChI=1S/C12H11NO2Se/c1-6-3-8-10(13-5-6)11-9(15-12(8)14)4-7(2)16-11/h3-5,12,14H,1-2H3. The number of ether oxygens (including phenoxy) is 1. The summed E-state index contributed by atoms with van der Waals surface area (Å²) in [6.45, 7) is 4.05. The monoisotopic (exact) mass is 281 g/mol. The van der Waals surface area contributed by atoms with Crippen LogP contribution in [0.15, 0.2) is 18.3 Å². The maximum atomic E-state index is 9.90. The number of aryl methyl sites for hydroxylation is 2. The molecule has 3 heterocycles. The molecular formula is C12H11NO2Se. The van der Waals surface area contributed by atoms with E-state index in [1.54, 1.807) is 0 Å². The van der Waals surface area contributed by atoms with Gasteiger partial charge in [0, 0.05) is 0 Å². The minimum atomic E-state index is -0.876. The van der Waals surface area contributed by atoms with Gasteiger partial charge in [-0.25, -0.2) is 0 Å². The van der Waals surface area contributed by atoms with Crippen LogP contribution in [0.5, 0.6) is 5.75 Å². The van der Waals surface area contributed by atoms with Gasteiger partial charge in [0.25, 0.3) is 0 Å². The fraction of sp³-hybridized carbons (Fsp3) is 0.250. The van der Waals surface area contributed by atoms with Crippen molar-refractivity contribution in [2.45, 2.75) is 20.1 Å². The number of pyridine rings is 1. The second-order valence-corrected chi connectivity index (χ2v) is 6.61. The van der Waals surface area contributed by atoms with E-state index < -0.39 is 6.29 Å². The molecule has 0 aromatic carbocycles. The summed E-state index contributed by atoms with van der Waals surface area (Å²) in [5, 5.41) is 9.90. The van der Waals surface area contributed by atoms with Crippen molar-refractivity contribution in [1.82, 2.24) is 4.98 Å². The van der Waals surface area contributed by atoms with Crippen LogP contribution in [-0.2, 0) is 0 Å². The normalized spacial score (nSPS) is 17.6. The molecule has 0 saturated heterocycles. The zero-order valence-electron chi connectivity index (χ0n) is 9.02. The Kier molecular flexibility index (Phi) is 2.18. The zero-order chi connectivity index (χ0) is 11.3. The van der Waals surface area contributed by atoms with Crippen LogP contribution in [0.2, 0.25) is 0 Å². The van der Waals surface area contributed by atoms with Crippen molar-refractivity contribution in [1.29, 1.82) is 0 Å². The molecular weight excluding hydrogens is 269 g/mol. The molecule has 0 fully saturated rings. The van der Waals surface area contributed by atoms with Crippen molar-refractivity contribution >= 4 is 14.5 Å². The second-order valence-electron chi connectivity index (χ2n) is 3.97. The van der Waals surface area contributed by atoms with Gasteiger partial charge in [0.15, 0.2) is 0 Å². The third-order valence-electron chi connectivity index (χ3n) is 2.59. The predicted octanol–water partition coefficient (Wildman–Crippen LogP) is 1.81. The number of fused-ring (bicyclic) bond motifs is 3. The fourth-order valence-electron chi connectivity index (χ4n) is 1.90. The van der Waals surface area contributed by atoms with E-state index in [-0.39, 0.29) is 14.5 Å². The Morgan fingerprint density at radius 1 is 1.38 bits per heavy atom. The molecule has 0 bridgehead atoms. The number of nitrogens with zero attached hydrogens (tertiary/aromatic N) is 1. The second kappa shape index (κ2) is 3.45. The number of aromatic nitrogens is 1. The summed E-state index contributed by atoms with van der Waals surface area (Å²) < 4.78 is 7.96. The first-order valence-electron chi connectivity index (χ1n) is 5.07. The zero-order valence-corrected chi connectivity index (χ0v) is 10.7. The van der Waals surface area contributed by atoms with E-state index in [1.807, 2.05) is 25.3 Å². The first-order valence-corrected chi connectivity index (χ1v) is 6.78. The Labute approximate surface area is 99.5 Å². The molecule has 0 saturated carbocycles. The third kappa shape index (κ3) is 1.42.